The van der Waals surface area contributed by atoms with E-state index in [1.54, 1.807) is 0 Å². The molecule has 0 amide bonds. The molecule has 158 valence electrons. The molecule has 0 saturated carbocycles. The van der Waals surface area contributed by atoms with E-state index in [-0.39, 0.29) is 84.9 Å². The third-order valence-corrected chi connectivity index (χ3v) is 3.56. The first-order valence-electron chi connectivity index (χ1n) is 8.06. The number of rotatable bonds is 0. The fourth-order valence-corrected chi connectivity index (χ4v) is 2.40. The van der Waals surface area contributed by atoms with E-state index in [1.165, 1.54) is 11.1 Å². The van der Waals surface area contributed by atoms with Crippen LogP contribution in [-0.2, 0) is 13.1 Å². The molecule has 0 unspecified atom stereocenters. The fourth-order valence-electron chi connectivity index (χ4n) is 2.40. The molecule has 2 rings (SSSR count). The lowest BCUT2D eigenvalue weighted by Crippen LogP contribution is -2.36. The molecule has 1 aromatic rings. The van der Waals surface area contributed by atoms with E-state index in [2.05, 4.69) is 50.8 Å². The van der Waals surface area contributed by atoms with Gasteiger partial charge in [0.25, 0.3) is 0 Å². The van der Waals surface area contributed by atoms with Gasteiger partial charge < -0.3 is 26.6 Å². The second kappa shape index (κ2) is 24.5. The molecule has 0 fully saturated rings. The van der Waals surface area contributed by atoms with Crippen molar-refractivity contribution in [3.63, 3.8) is 0 Å². The van der Waals surface area contributed by atoms with E-state index >= 15 is 0 Å². The molecule has 0 spiro atoms. The van der Waals surface area contributed by atoms with Crippen molar-refractivity contribution in [1.82, 2.24) is 26.6 Å². The summed E-state index contributed by atoms with van der Waals surface area (Å²) in [6.45, 7) is 10.0. The molecule has 0 radical (unpaired) electrons. The standard InChI is InChI=1S/C16H29N5.5BrH/c1-2-15-12-16(3-1)14-21-11-9-19-7-5-17-4-6-18-8-10-20-13-15;;;;;/h1-3,12,17-21H,4-11,13-14H2;5*1H. The van der Waals surface area contributed by atoms with Gasteiger partial charge in [0.15, 0.2) is 0 Å². The van der Waals surface area contributed by atoms with Crippen molar-refractivity contribution < 1.29 is 0 Å². The number of halogens is 5. The summed E-state index contributed by atoms with van der Waals surface area (Å²) in [4.78, 5) is 0. The number of fused-ring (bicyclic) bond motifs is 2. The predicted molar refractivity (Wildman–Crippen MR) is 140 cm³/mol. The average molecular weight is 696 g/mol. The lowest BCUT2D eigenvalue weighted by molar-refractivity contribution is 0.555. The minimum absolute atomic E-state index is 0. The Morgan fingerprint density at radius 3 is 1.12 bits per heavy atom. The number of hydrogen-bond donors (Lipinski definition) is 5. The third-order valence-electron chi connectivity index (χ3n) is 3.56. The topological polar surface area (TPSA) is 60.1 Å². The summed E-state index contributed by atoms with van der Waals surface area (Å²) < 4.78 is 0. The highest BCUT2D eigenvalue weighted by Crippen LogP contribution is 2.04. The zero-order valence-electron chi connectivity index (χ0n) is 14.9. The number of benzene rings is 1. The molecule has 10 heteroatoms. The van der Waals surface area contributed by atoms with Crippen LogP contribution in [-0.4, -0.2) is 52.4 Å². The summed E-state index contributed by atoms with van der Waals surface area (Å²) in [6, 6.07) is 8.81. The average Bonchev–Trinajstić information content (AvgIpc) is 2.51. The molecule has 1 aliphatic heterocycles. The Hall–Kier alpha value is 1.42. The Morgan fingerprint density at radius 2 is 0.769 bits per heavy atom. The monoisotopic (exact) mass is 691 g/mol. The largest absolute Gasteiger partial charge is 0.314 e. The van der Waals surface area contributed by atoms with Crippen LogP contribution in [0.5, 0.6) is 0 Å². The van der Waals surface area contributed by atoms with E-state index in [4.69, 9.17) is 0 Å². The van der Waals surface area contributed by atoms with Crippen molar-refractivity contribution in [2.75, 3.05) is 52.4 Å². The maximum atomic E-state index is 3.48. The van der Waals surface area contributed by atoms with Crippen molar-refractivity contribution in [2.45, 2.75) is 13.1 Å². The molecule has 26 heavy (non-hydrogen) atoms. The van der Waals surface area contributed by atoms with Crippen LogP contribution in [0.3, 0.4) is 0 Å². The zero-order chi connectivity index (χ0) is 14.6. The molecule has 5 N–H and O–H groups in total. The van der Waals surface area contributed by atoms with Gasteiger partial charge >= 0.3 is 0 Å². The molecule has 2 bridgehead atoms. The molecule has 0 aromatic heterocycles. The third kappa shape index (κ3) is 17.5. The Bertz CT molecular complexity index is 370. The first-order chi connectivity index (χ1) is 10.4. The summed E-state index contributed by atoms with van der Waals surface area (Å²) >= 11 is 0. The van der Waals surface area contributed by atoms with Crippen molar-refractivity contribution in [3.05, 3.63) is 35.4 Å². The first kappa shape index (κ1) is 34.9. The van der Waals surface area contributed by atoms with E-state index in [0.717, 1.165) is 65.4 Å². The summed E-state index contributed by atoms with van der Waals surface area (Å²) in [7, 11) is 0. The second-order valence-corrected chi connectivity index (χ2v) is 5.42. The molecule has 0 aliphatic carbocycles. The molecule has 0 atom stereocenters. The highest BCUT2D eigenvalue weighted by molar-refractivity contribution is 8.93. The lowest BCUT2D eigenvalue weighted by Gasteiger charge is -2.11. The summed E-state index contributed by atoms with van der Waals surface area (Å²) in [5.41, 5.74) is 2.71. The van der Waals surface area contributed by atoms with Crippen LogP contribution in [0.4, 0.5) is 0 Å². The molecule has 1 aliphatic rings. The van der Waals surface area contributed by atoms with Crippen LogP contribution in [0.25, 0.3) is 0 Å². The smallest absolute Gasteiger partial charge is 0.0206 e. The summed E-state index contributed by atoms with van der Waals surface area (Å²) in [5.74, 6) is 0. The van der Waals surface area contributed by atoms with E-state index in [1.807, 2.05) is 0 Å². The Labute approximate surface area is 210 Å². The molecule has 0 saturated heterocycles. The highest BCUT2D eigenvalue weighted by atomic mass is 79.9. The molecule has 1 aromatic carbocycles. The van der Waals surface area contributed by atoms with Gasteiger partial charge in [-0.05, 0) is 11.1 Å². The molecule has 1 heterocycles. The Morgan fingerprint density at radius 1 is 0.462 bits per heavy atom. The van der Waals surface area contributed by atoms with Crippen molar-refractivity contribution in [2.24, 2.45) is 0 Å². The zero-order valence-corrected chi connectivity index (χ0v) is 23.5. The first-order valence-corrected chi connectivity index (χ1v) is 8.06. The van der Waals surface area contributed by atoms with Gasteiger partial charge in [0.05, 0.1) is 0 Å². The maximum Gasteiger partial charge on any atom is 0.0206 e. The van der Waals surface area contributed by atoms with Crippen LogP contribution in [0.2, 0.25) is 0 Å². The summed E-state index contributed by atoms with van der Waals surface area (Å²) in [5, 5.41) is 17.3. The molecular weight excluding hydrogens is 662 g/mol. The molecule has 5 nitrogen and oxygen atoms in total. The van der Waals surface area contributed by atoms with Crippen LogP contribution in [0.15, 0.2) is 24.3 Å². The SMILES string of the molecule is Br.Br.Br.Br.Br.c1cc2cc(c1)CNCCNCCNCCNCCNC2. The van der Waals surface area contributed by atoms with Gasteiger partial charge in [-0.3, -0.25) is 0 Å². The molecular formula is C16H34Br5N5. The van der Waals surface area contributed by atoms with Crippen LogP contribution in [0.1, 0.15) is 11.1 Å². The minimum Gasteiger partial charge on any atom is -0.314 e. The van der Waals surface area contributed by atoms with E-state index in [0.29, 0.717) is 0 Å². The van der Waals surface area contributed by atoms with Gasteiger partial charge in [-0.25, -0.2) is 0 Å². The quantitative estimate of drug-likeness (QED) is 0.289. The van der Waals surface area contributed by atoms with Gasteiger partial charge in [-0.1, -0.05) is 24.3 Å². The predicted octanol–water partition coefficient (Wildman–Crippen LogP) is 2.54. The van der Waals surface area contributed by atoms with Crippen molar-refractivity contribution in [1.29, 1.82) is 0 Å². The van der Waals surface area contributed by atoms with E-state index in [9.17, 15) is 0 Å². The second-order valence-electron chi connectivity index (χ2n) is 5.42. The fraction of sp³-hybridized carbons (Fsp3) is 0.625. The maximum absolute atomic E-state index is 3.48. The van der Waals surface area contributed by atoms with Crippen molar-refractivity contribution in [3.8, 4) is 0 Å². The van der Waals surface area contributed by atoms with Crippen LogP contribution in [0, 0.1) is 0 Å². The summed E-state index contributed by atoms with van der Waals surface area (Å²) in [6.07, 6.45) is 0. The lowest BCUT2D eigenvalue weighted by atomic mass is 10.1. The van der Waals surface area contributed by atoms with Crippen molar-refractivity contribution >= 4 is 84.9 Å². The van der Waals surface area contributed by atoms with Crippen LogP contribution >= 0.6 is 84.9 Å². The van der Waals surface area contributed by atoms with Gasteiger partial charge in [0.2, 0.25) is 0 Å². The normalized spacial score (nSPS) is 16.5. The van der Waals surface area contributed by atoms with Gasteiger partial charge in [0.1, 0.15) is 0 Å². The number of hydrogen-bond acceptors (Lipinski definition) is 5. The highest BCUT2D eigenvalue weighted by Gasteiger charge is 1.97. The van der Waals surface area contributed by atoms with Gasteiger partial charge in [0, 0.05) is 65.4 Å². The minimum atomic E-state index is 0. The Kier molecular flexibility index (Phi) is 32.8. The van der Waals surface area contributed by atoms with E-state index < -0.39 is 0 Å². The number of nitrogens with one attached hydrogen (secondary N) is 5. The van der Waals surface area contributed by atoms with Gasteiger partial charge in [-0.15, -0.1) is 84.9 Å². The van der Waals surface area contributed by atoms with Crippen LogP contribution < -0.4 is 26.6 Å². The van der Waals surface area contributed by atoms with Gasteiger partial charge in [-0.2, -0.15) is 0 Å². The Balaban J connectivity index is -0.000000484.